The number of hydrogen-bond donors (Lipinski definition) is 1. The zero-order valence-corrected chi connectivity index (χ0v) is 11.8. The van der Waals surface area contributed by atoms with Gasteiger partial charge in [-0.15, -0.1) is 0 Å². The molecule has 0 bridgehead atoms. The summed E-state index contributed by atoms with van der Waals surface area (Å²) in [6.45, 7) is 3.06. The van der Waals surface area contributed by atoms with E-state index in [0.29, 0.717) is 18.8 Å². The fourth-order valence-electron chi connectivity index (χ4n) is 2.32. The van der Waals surface area contributed by atoms with Gasteiger partial charge in [0, 0.05) is 24.8 Å². The molecule has 1 aromatic rings. The van der Waals surface area contributed by atoms with Crippen LogP contribution >= 0.6 is 0 Å². The zero-order chi connectivity index (χ0) is 14.5. The third-order valence-electron chi connectivity index (χ3n) is 3.41. The van der Waals surface area contributed by atoms with Gasteiger partial charge in [-0.1, -0.05) is 11.8 Å². The maximum atomic E-state index is 12.5. The van der Waals surface area contributed by atoms with Gasteiger partial charge in [0.25, 0.3) is 5.91 Å². The van der Waals surface area contributed by atoms with Crippen molar-refractivity contribution in [1.82, 2.24) is 4.90 Å². The van der Waals surface area contributed by atoms with Crippen molar-refractivity contribution >= 4 is 5.91 Å². The average Bonchev–Trinajstić information content (AvgIpc) is 2.97. The minimum Gasteiger partial charge on any atom is -0.384 e. The highest BCUT2D eigenvalue weighted by Crippen LogP contribution is 2.16. The van der Waals surface area contributed by atoms with E-state index >= 15 is 0 Å². The van der Waals surface area contributed by atoms with Crippen molar-refractivity contribution < 1.29 is 14.6 Å². The molecule has 0 radical (unpaired) electrons. The van der Waals surface area contributed by atoms with Crippen molar-refractivity contribution in [3.63, 3.8) is 0 Å². The molecule has 2 rings (SSSR count). The highest BCUT2D eigenvalue weighted by atomic mass is 16.5. The summed E-state index contributed by atoms with van der Waals surface area (Å²) in [6, 6.07) is 5.68. The molecule has 1 atom stereocenters. The van der Waals surface area contributed by atoms with E-state index in [1.54, 1.807) is 11.0 Å². The Hall–Kier alpha value is -1.83. The van der Waals surface area contributed by atoms with Crippen molar-refractivity contribution in [2.75, 3.05) is 26.9 Å². The molecular formula is C16H19NO3. The van der Waals surface area contributed by atoms with E-state index in [1.807, 2.05) is 26.1 Å². The van der Waals surface area contributed by atoms with Crippen LogP contribution < -0.4 is 0 Å². The predicted octanol–water partition coefficient (Wildman–Crippen LogP) is 1.20. The molecule has 0 saturated carbocycles. The quantitative estimate of drug-likeness (QED) is 0.824. The smallest absolute Gasteiger partial charge is 0.253 e. The van der Waals surface area contributed by atoms with Gasteiger partial charge in [0.15, 0.2) is 0 Å². The van der Waals surface area contributed by atoms with Crippen molar-refractivity contribution in [3.8, 4) is 11.8 Å². The second kappa shape index (κ2) is 6.56. The lowest BCUT2D eigenvalue weighted by Crippen LogP contribution is -2.37. The summed E-state index contributed by atoms with van der Waals surface area (Å²) < 4.78 is 5.32. The first-order chi connectivity index (χ1) is 9.61. The average molecular weight is 273 g/mol. The van der Waals surface area contributed by atoms with E-state index in [1.165, 1.54) is 0 Å². The number of likely N-dealkylation sites (N-methyl/N-ethyl adjacent to an activating group) is 1. The molecule has 1 N–H and O–H groups in total. The van der Waals surface area contributed by atoms with Gasteiger partial charge in [-0.25, -0.2) is 0 Å². The third-order valence-corrected chi connectivity index (χ3v) is 3.41. The van der Waals surface area contributed by atoms with Gasteiger partial charge in [-0.2, -0.15) is 0 Å². The van der Waals surface area contributed by atoms with Gasteiger partial charge in [0.05, 0.1) is 12.6 Å². The van der Waals surface area contributed by atoms with E-state index in [4.69, 9.17) is 9.84 Å². The lowest BCUT2D eigenvalue weighted by atomic mass is 10.0. The fraction of sp³-hybridized carbons (Fsp3) is 0.438. The van der Waals surface area contributed by atoms with Crippen LogP contribution in [0.4, 0.5) is 0 Å². The standard InChI is InChI=1S/C16H19NO3/c1-12-8-13(4-3-6-18)10-14(9-12)16(19)17(2)15-5-7-20-11-15/h8-10,15,18H,5-7,11H2,1-2H3. The minimum atomic E-state index is -0.184. The van der Waals surface area contributed by atoms with Crippen LogP contribution in [-0.4, -0.2) is 48.8 Å². The third kappa shape index (κ3) is 3.38. The first kappa shape index (κ1) is 14.6. The van der Waals surface area contributed by atoms with Crippen LogP contribution in [0.15, 0.2) is 18.2 Å². The molecule has 1 aliphatic rings. The summed E-state index contributed by atoms with van der Waals surface area (Å²) >= 11 is 0. The molecule has 1 aromatic carbocycles. The van der Waals surface area contributed by atoms with Crippen molar-refractivity contribution in [3.05, 3.63) is 34.9 Å². The van der Waals surface area contributed by atoms with Crippen LogP contribution in [0.1, 0.15) is 27.9 Å². The normalized spacial score (nSPS) is 17.4. The molecule has 1 unspecified atom stereocenters. The first-order valence-corrected chi connectivity index (χ1v) is 6.68. The zero-order valence-electron chi connectivity index (χ0n) is 11.8. The van der Waals surface area contributed by atoms with Gasteiger partial charge < -0.3 is 14.7 Å². The highest BCUT2D eigenvalue weighted by Gasteiger charge is 2.25. The summed E-state index contributed by atoms with van der Waals surface area (Å²) in [6.07, 6.45) is 0.880. The Labute approximate surface area is 119 Å². The summed E-state index contributed by atoms with van der Waals surface area (Å²) in [7, 11) is 1.81. The number of ether oxygens (including phenoxy) is 1. The topological polar surface area (TPSA) is 49.8 Å². The number of carbonyl (C=O) groups is 1. The van der Waals surface area contributed by atoms with Gasteiger partial charge in [0.1, 0.15) is 6.61 Å². The molecule has 106 valence electrons. The molecule has 1 fully saturated rings. The monoisotopic (exact) mass is 273 g/mol. The summed E-state index contributed by atoms with van der Waals surface area (Å²) in [5.74, 6) is 5.43. The maximum absolute atomic E-state index is 12.5. The maximum Gasteiger partial charge on any atom is 0.253 e. The molecule has 4 nitrogen and oxygen atoms in total. The number of hydrogen-bond acceptors (Lipinski definition) is 3. The molecule has 20 heavy (non-hydrogen) atoms. The SMILES string of the molecule is Cc1cc(C#CCO)cc(C(=O)N(C)C2CCOC2)c1. The second-order valence-electron chi connectivity index (χ2n) is 4.98. The van der Waals surface area contributed by atoms with Crippen LogP contribution in [0, 0.1) is 18.8 Å². The second-order valence-corrected chi connectivity index (χ2v) is 4.98. The number of aliphatic hydroxyl groups is 1. The summed E-state index contributed by atoms with van der Waals surface area (Å²) in [5.41, 5.74) is 2.36. The number of nitrogens with zero attached hydrogens (tertiary/aromatic N) is 1. The van der Waals surface area contributed by atoms with E-state index in [9.17, 15) is 4.79 Å². The van der Waals surface area contributed by atoms with Crippen LogP contribution in [0.25, 0.3) is 0 Å². The Morgan fingerprint density at radius 3 is 2.95 bits per heavy atom. The molecule has 1 amide bonds. The van der Waals surface area contributed by atoms with Crippen LogP contribution in [0.3, 0.4) is 0 Å². The molecule has 0 spiro atoms. The summed E-state index contributed by atoms with van der Waals surface area (Å²) in [4.78, 5) is 14.2. The lowest BCUT2D eigenvalue weighted by molar-refractivity contribution is 0.0711. The van der Waals surface area contributed by atoms with Crippen molar-refractivity contribution in [2.45, 2.75) is 19.4 Å². The number of aryl methyl sites for hydroxylation is 1. The van der Waals surface area contributed by atoms with Crippen LogP contribution in [-0.2, 0) is 4.74 Å². The Morgan fingerprint density at radius 1 is 1.50 bits per heavy atom. The number of carbonyl (C=O) groups excluding carboxylic acids is 1. The minimum absolute atomic E-state index is 0.0174. The van der Waals surface area contributed by atoms with Gasteiger partial charge >= 0.3 is 0 Å². The predicted molar refractivity (Wildman–Crippen MR) is 76.5 cm³/mol. The van der Waals surface area contributed by atoms with Gasteiger partial charge in [-0.3, -0.25) is 4.79 Å². The Balaban J connectivity index is 2.22. The van der Waals surface area contributed by atoms with E-state index < -0.39 is 0 Å². The first-order valence-electron chi connectivity index (χ1n) is 6.68. The highest BCUT2D eigenvalue weighted by molar-refractivity contribution is 5.94. The van der Waals surface area contributed by atoms with E-state index in [-0.39, 0.29) is 18.6 Å². The Kier molecular flexibility index (Phi) is 4.78. The largest absolute Gasteiger partial charge is 0.384 e. The number of rotatable bonds is 2. The Morgan fingerprint density at radius 2 is 2.30 bits per heavy atom. The van der Waals surface area contributed by atoms with E-state index in [2.05, 4.69) is 11.8 Å². The van der Waals surface area contributed by atoms with Crippen molar-refractivity contribution in [1.29, 1.82) is 0 Å². The Bertz CT molecular complexity index is 551. The molecule has 0 aliphatic carbocycles. The van der Waals surface area contributed by atoms with Crippen LogP contribution in [0.5, 0.6) is 0 Å². The molecule has 1 heterocycles. The number of benzene rings is 1. The summed E-state index contributed by atoms with van der Waals surface area (Å²) in [5, 5.41) is 8.74. The molecule has 4 heteroatoms. The van der Waals surface area contributed by atoms with Crippen LogP contribution in [0.2, 0.25) is 0 Å². The van der Waals surface area contributed by atoms with Crippen molar-refractivity contribution in [2.24, 2.45) is 0 Å². The number of amides is 1. The molecule has 1 aliphatic heterocycles. The fourth-order valence-corrected chi connectivity index (χ4v) is 2.32. The molecule has 0 aromatic heterocycles. The molecular weight excluding hydrogens is 254 g/mol. The molecule has 1 saturated heterocycles. The van der Waals surface area contributed by atoms with E-state index in [0.717, 1.165) is 17.5 Å². The lowest BCUT2D eigenvalue weighted by Gasteiger charge is -2.23. The van der Waals surface area contributed by atoms with Gasteiger partial charge in [-0.05, 0) is 37.1 Å². The number of aliphatic hydroxyl groups excluding tert-OH is 1. The van der Waals surface area contributed by atoms with Gasteiger partial charge in [0.2, 0.25) is 0 Å².